The lowest BCUT2D eigenvalue weighted by Gasteiger charge is -2.34. The van der Waals surface area contributed by atoms with Gasteiger partial charge in [0.1, 0.15) is 34.0 Å². The third-order valence-electron chi connectivity index (χ3n) is 4.69. The highest BCUT2D eigenvalue weighted by molar-refractivity contribution is 7.90. The molecule has 1 aromatic carbocycles. The largest absolute Gasteiger partial charge is 0.484 e. The van der Waals surface area contributed by atoms with Gasteiger partial charge in [-0.15, -0.1) is 0 Å². The standard InChI is InChI=1S/C20H23N3O5S/c1-29(25,26)13-12-22-8-10-23(11-9-22)20(24)19-7-6-17(28-19)15-27-18-5-3-2-4-16(18)14-21/h2-7H,8-13,15H2,1H3. The molecule has 8 nitrogen and oxygen atoms in total. The summed E-state index contributed by atoms with van der Waals surface area (Å²) >= 11 is 0. The van der Waals surface area contributed by atoms with Gasteiger partial charge in [-0.1, -0.05) is 12.1 Å². The van der Waals surface area contributed by atoms with Crippen LogP contribution in [0.3, 0.4) is 0 Å². The van der Waals surface area contributed by atoms with E-state index in [4.69, 9.17) is 14.4 Å². The summed E-state index contributed by atoms with van der Waals surface area (Å²) in [6, 6.07) is 12.3. The molecule has 0 radical (unpaired) electrons. The van der Waals surface area contributed by atoms with E-state index in [0.29, 0.717) is 49.8 Å². The lowest BCUT2D eigenvalue weighted by Crippen LogP contribution is -2.49. The molecule has 0 saturated carbocycles. The fourth-order valence-corrected chi connectivity index (χ4v) is 3.62. The Hall–Kier alpha value is -2.83. The number of sulfone groups is 1. The first-order valence-electron chi connectivity index (χ1n) is 9.26. The lowest BCUT2D eigenvalue weighted by atomic mass is 10.2. The number of benzene rings is 1. The monoisotopic (exact) mass is 417 g/mol. The highest BCUT2D eigenvalue weighted by Gasteiger charge is 2.24. The molecule has 0 atom stereocenters. The van der Waals surface area contributed by atoms with Crippen molar-refractivity contribution in [1.82, 2.24) is 9.80 Å². The van der Waals surface area contributed by atoms with E-state index in [-0.39, 0.29) is 24.0 Å². The average Bonchev–Trinajstić information content (AvgIpc) is 3.19. The molecule has 1 fully saturated rings. The predicted molar refractivity (Wildman–Crippen MR) is 106 cm³/mol. The number of nitriles is 1. The summed E-state index contributed by atoms with van der Waals surface area (Å²) < 4.78 is 33.8. The highest BCUT2D eigenvalue weighted by Crippen LogP contribution is 2.19. The van der Waals surface area contributed by atoms with Crippen molar-refractivity contribution >= 4 is 15.7 Å². The zero-order valence-electron chi connectivity index (χ0n) is 16.2. The second kappa shape index (κ2) is 9.11. The molecule has 0 aliphatic carbocycles. The van der Waals surface area contributed by atoms with Crippen molar-refractivity contribution in [3.05, 3.63) is 53.5 Å². The Bertz CT molecular complexity index is 1000. The highest BCUT2D eigenvalue weighted by atomic mass is 32.2. The molecule has 3 rings (SSSR count). The van der Waals surface area contributed by atoms with E-state index < -0.39 is 9.84 Å². The van der Waals surface area contributed by atoms with E-state index in [1.807, 2.05) is 4.90 Å². The minimum Gasteiger partial charge on any atom is -0.484 e. The number of carbonyl (C=O) groups is 1. The van der Waals surface area contributed by atoms with Gasteiger partial charge in [0.15, 0.2) is 5.76 Å². The van der Waals surface area contributed by atoms with Crippen molar-refractivity contribution in [2.24, 2.45) is 0 Å². The Balaban J connectivity index is 1.51. The molecule has 0 N–H and O–H groups in total. The molecule has 1 aliphatic rings. The Morgan fingerprint density at radius 3 is 2.59 bits per heavy atom. The van der Waals surface area contributed by atoms with E-state index in [1.165, 1.54) is 6.26 Å². The molecule has 0 unspecified atom stereocenters. The Morgan fingerprint density at radius 2 is 1.90 bits per heavy atom. The second-order valence-corrected chi connectivity index (χ2v) is 9.19. The van der Waals surface area contributed by atoms with Crippen LogP contribution in [0.2, 0.25) is 0 Å². The average molecular weight is 417 g/mol. The minimum absolute atomic E-state index is 0.116. The smallest absolute Gasteiger partial charge is 0.289 e. The number of carbonyl (C=O) groups excluding carboxylic acids is 1. The van der Waals surface area contributed by atoms with Crippen LogP contribution >= 0.6 is 0 Å². The normalized spacial score (nSPS) is 15.1. The van der Waals surface area contributed by atoms with Crippen LogP contribution in [0.15, 0.2) is 40.8 Å². The quantitative estimate of drug-likeness (QED) is 0.673. The maximum absolute atomic E-state index is 12.6. The molecule has 1 amide bonds. The molecule has 1 aliphatic heterocycles. The van der Waals surface area contributed by atoms with Gasteiger partial charge in [-0.2, -0.15) is 5.26 Å². The van der Waals surface area contributed by atoms with Crippen molar-refractivity contribution < 1.29 is 22.4 Å². The third kappa shape index (κ3) is 5.82. The number of ether oxygens (including phenoxy) is 1. The molecular weight excluding hydrogens is 394 g/mol. The summed E-state index contributed by atoms with van der Waals surface area (Å²) in [6.45, 7) is 2.89. The van der Waals surface area contributed by atoms with Crippen LogP contribution in [0.25, 0.3) is 0 Å². The number of nitrogens with zero attached hydrogens (tertiary/aromatic N) is 3. The first-order valence-corrected chi connectivity index (χ1v) is 11.3. The van der Waals surface area contributed by atoms with Crippen molar-refractivity contribution in [3.8, 4) is 11.8 Å². The summed E-state index contributed by atoms with van der Waals surface area (Å²) in [7, 11) is -2.99. The Kier molecular flexibility index (Phi) is 6.56. The summed E-state index contributed by atoms with van der Waals surface area (Å²) in [5, 5.41) is 9.09. The van der Waals surface area contributed by atoms with Crippen LogP contribution in [0.4, 0.5) is 0 Å². The maximum Gasteiger partial charge on any atom is 0.289 e. The maximum atomic E-state index is 12.6. The van der Waals surface area contributed by atoms with Gasteiger partial charge in [-0.05, 0) is 24.3 Å². The zero-order chi connectivity index (χ0) is 20.9. The van der Waals surface area contributed by atoms with Gasteiger partial charge in [-0.25, -0.2) is 8.42 Å². The first kappa shape index (κ1) is 20.9. The van der Waals surface area contributed by atoms with Crippen LogP contribution in [0, 0.1) is 11.3 Å². The lowest BCUT2D eigenvalue weighted by molar-refractivity contribution is 0.0609. The first-order chi connectivity index (χ1) is 13.9. The fourth-order valence-electron chi connectivity index (χ4n) is 3.03. The van der Waals surface area contributed by atoms with Crippen LogP contribution in [0.5, 0.6) is 5.75 Å². The van der Waals surface area contributed by atoms with Gasteiger partial charge in [-0.3, -0.25) is 9.69 Å². The molecule has 0 bridgehead atoms. The number of furan rings is 1. The van der Waals surface area contributed by atoms with E-state index in [1.54, 1.807) is 41.3 Å². The number of rotatable bonds is 7. The SMILES string of the molecule is CS(=O)(=O)CCN1CCN(C(=O)c2ccc(COc3ccccc3C#N)o2)CC1. The second-order valence-electron chi connectivity index (χ2n) is 6.93. The number of piperazine rings is 1. The van der Waals surface area contributed by atoms with Gasteiger partial charge in [0, 0.05) is 39.0 Å². The predicted octanol–water partition coefficient (Wildman–Crippen LogP) is 1.53. The number of hydrogen-bond donors (Lipinski definition) is 0. The van der Waals surface area contributed by atoms with Gasteiger partial charge >= 0.3 is 0 Å². The van der Waals surface area contributed by atoms with Crippen LogP contribution in [-0.2, 0) is 16.4 Å². The molecule has 29 heavy (non-hydrogen) atoms. The number of para-hydroxylation sites is 1. The van der Waals surface area contributed by atoms with E-state index >= 15 is 0 Å². The molecule has 154 valence electrons. The molecule has 2 aromatic rings. The van der Waals surface area contributed by atoms with E-state index in [2.05, 4.69) is 6.07 Å². The number of amides is 1. The molecule has 9 heteroatoms. The molecular formula is C20H23N3O5S. The van der Waals surface area contributed by atoms with Gasteiger partial charge in [0.2, 0.25) is 0 Å². The van der Waals surface area contributed by atoms with Crippen molar-refractivity contribution in [2.45, 2.75) is 6.61 Å². The number of hydrogen-bond acceptors (Lipinski definition) is 7. The topological polar surface area (TPSA) is 104 Å². The molecule has 1 aromatic heterocycles. The molecule has 1 saturated heterocycles. The zero-order valence-corrected chi connectivity index (χ0v) is 17.0. The summed E-state index contributed by atoms with van der Waals surface area (Å²) in [5.41, 5.74) is 0.434. The Morgan fingerprint density at radius 1 is 1.17 bits per heavy atom. The van der Waals surface area contributed by atoms with E-state index in [0.717, 1.165) is 0 Å². The van der Waals surface area contributed by atoms with Gasteiger partial charge in [0.25, 0.3) is 5.91 Å². The van der Waals surface area contributed by atoms with Crippen LogP contribution in [-0.4, -0.2) is 68.9 Å². The Labute approximate surface area is 170 Å². The van der Waals surface area contributed by atoms with Crippen molar-refractivity contribution in [2.75, 3.05) is 44.7 Å². The van der Waals surface area contributed by atoms with Gasteiger partial charge in [0.05, 0.1) is 11.3 Å². The fraction of sp³-hybridized carbons (Fsp3) is 0.400. The summed E-state index contributed by atoms with van der Waals surface area (Å²) in [4.78, 5) is 16.4. The minimum atomic E-state index is -2.99. The van der Waals surface area contributed by atoms with E-state index in [9.17, 15) is 13.2 Å². The van der Waals surface area contributed by atoms with Crippen molar-refractivity contribution in [1.29, 1.82) is 5.26 Å². The third-order valence-corrected chi connectivity index (χ3v) is 5.61. The summed E-state index contributed by atoms with van der Waals surface area (Å²) in [6.07, 6.45) is 1.23. The van der Waals surface area contributed by atoms with Crippen molar-refractivity contribution in [3.63, 3.8) is 0 Å². The van der Waals surface area contributed by atoms with Gasteiger partial charge < -0.3 is 14.1 Å². The summed E-state index contributed by atoms with van der Waals surface area (Å²) in [5.74, 6) is 1.12. The molecule has 2 heterocycles. The molecule has 0 spiro atoms. The van der Waals surface area contributed by atoms with Crippen LogP contribution < -0.4 is 4.74 Å². The van der Waals surface area contributed by atoms with Crippen LogP contribution in [0.1, 0.15) is 21.9 Å².